The summed E-state index contributed by atoms with van der Waals surface area (Å²) in [6.07, 6.45) is 3.16. The summed E-state index contributed by atoms with van der Waals surface area (Å²) in [5, 5.41) is 8.05. The van der Waals surface area contributed by atoms with E-state index in [0.717, 1.165) is 0 Å². The molecular formula is C7H9NO2. The molecule has 0 aliphatic rings. The van der Waals surface area contributed by atoms with Crippen molar-refractivity contribution in [2.45, 2.75) is 13.3 Å². The van der Waals surface area contributed by atoms with Gasteiger partial charge in [0.15, 0.2) is 0 Å². The summed E-state index contributed by atoms with van der Waals surface area (Å²) < 4.78 is 4.57. The molecule has 0 radical (unpaired) electrons. The van der Waals surface area contributed by atoms with Gasteiger partial charge in [-0.1, -0.05) is 6.08 Å². The molecule has 0 aromatic heterocycles. The molecule has 0 aromatic rings. The highest BCUT2D eigenvalue weighted by Crippen LogP contribution is 1.83. The van der Waals surface area contributed by atoms with Gasteiger partial charge < -0.3 is 4.74 Å². The number of hydrogen-bond acceptors (Lipinski definition) is 3. The van der Waals surface area contributed by atoms with Crippen LogP contribution in [0.2, 0.25) is 0 Å². The van der Waals surface area contributed by atoms with Gasteiger partial charge in [-0.25, -0.2) is 4.79 Å². The summed E-state index contributed by atoms with van der Waals surface area (Å²) in [5.41, 5.74) is 0. The lowest BCUT2D eigenvalue weighted by atomic mass is 10.5. The van der Waals surface area contributed by atoms with Crippen LogP contribution < -0.4 is 0 Å². The van der Waals surface area contributed by atoms with E-state index in [1.54, 1.807) is 13.0 Å². The van der Waals surface area contributed by atoms with Crippen LogP contribution in [0.25, 0.3) is 0 Å². The maximum Gasteiger partial charge on any atom is 0.330 e. The normalized spacial score (nSPS) is 9.20. The molecule has 0 atom stereocenters. The molecule has 0 saturated heterocycles. The van der Waals surface area contributed by atoms with Gasteiger partial charge in [-0.3, -0.25) is 0 Å². The zero-order valence-electron chi connectivity index (χ0n) is 5.83. The molecule has 54 valence electrons. The predicted molar refractivity (Wildman–Crippen MR) is 36.0 cm³/mol. The van der Waals surface area contributed by atoms with Gasteiger partial charge in [0.1, 0.15) is 6.61 Å². The summed E-state index contributed by atoms with van der Waals surface area (Å²) in [5.74, 6) is -0.391. The highest BCUT2D eigenvalue weighted by Gasteiger charge is 1.92. The number of rotatable bonds is 3. The lowest BCUT2D eigenvalue weighted by Gasteiger charge is -1.94. The van der Waals surface area contributed by atoms with E-state index in [1.165, 1.54) is 6.08 Å². The molecule has 0 N–H and O–H groups in total. The molecule has 3 nitrogen and oxygen atoms in total. The van der Waals surface area contributed by atoms with Crippen LogP contribution >= 0.6 is 0 Å². The molecule has 0 fully saturated rings. The molecule has 0 saturated carbocycles. The molecular weight excluding hydrogens is 130 g/mol. The summed E-state index contributed by atoms with van der Waals surface area (Å²) >= 11 is 0. The summed E-state index contributed by atoms with van der Waals surface area (Å²) in [7, 11) is 0. The molecule has 0 bridgehead atoms. The lowest BCUT2D eigenvalue weighted by Crippen LogP contribution is -2.00. The first-order chi connectivity index (χ1) is 4.81. The maximum absolute atomic E-state index is 10.5. The van der Waals surface area contributed by atoms with Crippen molar-refractivity contribution in [3.05, 3.63) is 12.2 Å². The number of allylic oxidation sites excluding steroid dienone is 1. The molecule has 0 amide bonds. The van der Waals surface area contributed by atoms with Crippen LogP contribution in [0.4, 0.5) is 0 Å². The Morgan fingerprint density at radius 2 is 2.50 bits per heavy atom. The number of esters is 1. The Morgan fingerprint density at radius 3 is 3.00 bits per heavy atom. The van der Waals surface area contributed by atoms with Crippen molar-refractivity contribution in [1.29, 1.82) is 5.26 Å². The SMILES string of the molecule is C/C=C/C(=O)OCCC#N. The largest absolute Gasteiger partial charge is 0.461 e. The number of hydrogen-bond donors (Lipinski definition) is 0. The quantitative estimate of drug-likeness (QED) is 0.333. The van der Waals surface area contributed by atoms with Crippen molar-refractivity contribution in [1.82, 2.24) is 0 Å². The predicted octanol–water partition coefficient (Wildman–Crippen LogP) is 1.02. The Labute approximate surface area is 59.9 Å². The first-order valence-electron chi connectivity index (χ1n) is 2.97. The second kappa shape index (κ2) is 5.83. The second-order valence-corrected chi connectivity index (χ2v) is 1.58. The van der Waals surface area contributed by atoms with Gasteiger partial charge >= 0.3 is 5.97 Å². The summed E-state index contributed by atoms with van der Waals surface area (Å²) in [6, 6.07) is 1.86. The molecule has 0 aliphatic heterocycles. The standard InChI is InChI=1S/C7H9NO2/c1-2-4-7(9)10-6-3-5-8/h2,4H,3,6H2,1H3/b4-2+. The van der Waals surface area contributed by atoms with E-state index in [9.17, 15) is 4.79 Å². The third kappa shape index (κ3) is 4.85. The van der Waals surface area contributed by atoms with Crippen LogP contribution in [0.5, 0.6) is 0 Å². The number of ether oxygens (including phenoxy) is 1. The van der Waals surface area contributed by atoms with E-state index in [4.69, 9.17) is 5.26 Å². The Kier molecular flexibility index (Phi) is 5.07. The maximum atomic E-state index is 10.5. The van der Waals surface area contributed by atoms with Gasteiger partial charge in [0.05, 0.1) is 12.5 Å². The minimum atomic E-state index is -0.391. The molecule has 0 spiro atoms. The van der Waals surface area contributed by atoms with Crippen molar-refractivity contribution in [2.75, 3.05) is 6.61 Å². The molecule has 0 aromatic carbocycles. The van der Waals surface area contributed by atoms with Gasteiger partial charge in [0.2, 0.25) is 0 Å². The second-order valence-electron chi connectivity index (χ2n) is 1.58. The Hall–Kier alpha value is -1.30. The van der Waals surface area contributed by atoms with Crippen molar-refractivity contribution >= 4 is 5.97 Å². The van der Waals surface area contributed by atoms with Crippen molar-refractivity contribution < 1.29 is 9.53 Å². The average molecular weight is 139 g/mol. The monoisotopic (exact) mass is 139 g/mol. The number of carbonyl (C=O) groups is 1. The minimum Gasteiger partial charge on any atom is -0.461 e. The van der Waals surface area contributed by atoms with Crippen molar-refractivity contribution in [3.63, 3.8) is 0 Å². The summed E-state index contributed by atoms with van der Waals surface area (Å²) in [6.45, 7) is 1.91. The number of nitriles is 1. The van der Waals surface area contributed by atoms with E-state index in [-0.39, 0.29) is 13.0 Å². The van der Waals surface area contributed by atoms with Crippen LogP contribution in [-0.4, -0.2) is 12.6 Å². The average Bonchev–Trinajstić information content (AvgIpc) is 1.89. The third-order valence-electron chi connectivity index (χ3n) is 0.761. The summed E-state index contributed by atoms with van der Waals surface area (Å²) in [4.78, 5) is 10.5. The molecule has 0 unspecified atom stereocenters. The van der Waals surface area contributed by atoms with Crippen LogP contribution in [0.15, 0.2) is 12.2 Å². The first-order valence-corrected chi connectivity index (χ1v) is 2.97. The van der Waals surface area contributed by atoms with Crippen LogP contribution in [-0.2, 0) is 9.53 Å². The van der Waals surface area contributed by atoms with Gasteiger partial charge in [-0.15, -0.1) is 0 Å². The molecule has 0 aliphatic carbocycles. The molecule has 0 heterocycles. The molecule has 3 heteroatoms. The Morgan fingerprint density at radius 1 is 1.80 bits per heavy atom. The first kappa shape index (κ1) is 8.70. The molecule has 10 heavy (non-hydrogen) atoms. The highest BCUT2D eigenvalue weighted by atomic mass is 16.5. The van der Waals surface area contributed by atoms with Gasteiger partial charge in [-0.05, 0) is 6.92 Å². The van der Waals surface area contributed by atoms with E-state index in [2.05, 4.69) is 4.74 Å². The van der Waals surface area contributed by atoms with Gasteiger partial charge in [-0.2, -0.15) is 5.26 Å². The van der Waals surface area contributed by atoms with E-state index in [0.29, 0.717) is 0 Å². The topological polar surface area (TPSA) is 50.1 Å². The minimum absolute atomic E-state index is 0.180. The van der Waals surface area contributed by atoms with Crippen molar-refractivity contribution in [3.8, 4) is 6.07 Å². The Bertz CT molecular complexity index is 167. The fourth-order valence-corrected chi connectivity index (χ4v) is 0.381. The lowest BCUT2D eigenvalue weighted by molar-refractivity contribution is -0.137. The Balaban J connectivity index is 3.33. The van der Waals surface area contributed by atoms with Crippen molar-refractivity contribution in [2.24, 2.45) is 0 Å². The van der Waals surface area contributed by atoms with Crippen LogP contribution in [0.3, 0.4) is 0 Å². The van der Waals surface area contributed by atoms with E-state index in [1.807, 2.05) is 6.07 Å². The fraction of sp³-hybridized carbons (Fsp3) is 0.429. The van der Waals surface area contributed by atoms with Crippen LogP contribution in [0.1, 0.15) is 13.3 Å². The van der Waals surface area contributed by atoms with E-state index < -0.39 is 5.97 Å². The zero-order chi connectivity index (χ0) is 7.82. The molecule has 0 rings (SSSR count). The fourth-order valence-electron chi connectivity index (χ4n) is 0.381. The highest BCUT2D eigenvalue weighted by molar-refractivity contribution is 5.81. The number of nitrogens with zero attached hydrogens (tertiary/aromatic N) is 1. The van der Waals surface area contributed by atoms with Crippen LogP contribution in [0, 0.1) is 11.3 Å². The van der Waals surface area contributed by atoms with Gasteiger partial charge in [0.25, 0.3) is 0 Å². The zero-order valence-corrected chi connectivity index (χ0v) is 5.83. The number of carbonyl (C=O) groups excluding carboxylic acids is 1. The smallest absolute Gasteiger partial charge is 0.330 e. The van der Waals surface area contributed by atoms with E-state index >= 15 is 0 Å². The van der Waals surface area contributed by atoms with Gasteiger partial charge in [0, 0.05) is 6.08 Å². The third-order valence-corrected chi connectivity index (χ3v) is 0.761.